The van der Waals surface area contributed by atoms with Crippen LogP contribution >= 0.6 is 0 Å². The summed E-state index contributed by atoms with van der Waals surface area (Å²) in [5.41, 5.74) is 0.657. The first-order valence-corrected chi connectivity index (χ1v) is 12.8. The molecule has 1 fully saturated rings. The summed E-state index contributed by atoms with van der Waals surface area (Å²) >= 11 is 0. The number of carbonyl (C=O) groups excluding carboxylic acids is 2. The number of ether oxygens (including phenoxy) is 1. The lowest BCUT2D eigenvalue weighted by Gasteiger charge is -2.32. The fourth-order valence-corrected chi connectivity index (χ4v) is 5.11. The number of hydrogen-bond acceptors (Lipinski definition) is 5. The van der Waals surface area contributed by atoms with Crippen molar-refractivity contribution in [2.75, 3.05) is 19.6 Å². The predicted octanol–water partition coefficient (Wildman–Crippen LogP) is 4.04. The van der Waals surface area contributed by atoms with Gasteiger partial charge in [-0.15, -0.1) is 0 Å². The molecule has 1 saturated heterocycles. The molecule has 0 bridgehead atoms. The quantitative estimate of drug-likeness (QED) is 0.685. The predicted molar refractivity (Wildman–Crippen MR) is 127 cm³/mol. The molecule has 0 spiro atoms. The van der Waals surface area contributed by atoms with Gasteiger partial charge in [-0.05, 0) is 69.4 Å². The second kappa shape index (κ2) is 10.4. The molecule has 2 aromatic carbocycles. The summed E-state index contributed by atoms with van der Waals surface area (Å²) < 4.78 is 30.4. The van der Waals surface area contributed by atoms with Crippen molar-refractivity contribution in [2.45, 2.75) is 49.9 Å². The zero-order chi connectivity index (χ0) is 24.1. The van der Waals surface area contributed by atoms with Crippen LogP contribution in [-0.2, 0) is 20.3 Å². The summed E-state index contributed by atoms with van der Waals surface area (Å²) in [4.78, 5) is 26.8. The smallest absolute Gasteiger partial charge is 0.407 e. The van der Waals surface area contributed by atoms with Crippen LogP contribution in [0.15, 0.2) is 59.5 Å². The molecule has 2 amide bonds. The lowest BCUT2D eigenvalue weighted by atomic mass is 9.96. The Morgan fingerprint density at radius 2 is 1.61 bits per heavy atom. The van der Waals surface area contributed by atoms with Crippen LogP contribution in [-0.4, -0.2) is 50.6 Å². The number of likely N-dealkylation sites (tertiary alicyclic amines) is 1. The van der Waals surface area contributed by atoms with Crippen molar-refractivity contribution in [3.63, 3.8) is 0 Å². The van der Waals surface area contributed by atoms with Gasteiger partial charge >= 0.3 is 6.09 Å². The molecule has 0 aliphatic carbocycles. The van der Waals surface area contributed by atoms with Gasteiger partial charge in [0, 0.05) is 25.2 Å². The summed E-state index contributed by atoms with van der Waals surface area (Å²) in [7, 11) is -3.43. The molecular weight excluding hydrogens is 440 g/mol. The molecule has 0 atom stereocenters. The van der Waals surface area contributed by atoms with Gasteiger partial charge in [-0.1, -0.05) is 30.3 Å². The standard InChI is InChI=1S/C25H32N2O5S/c1-25(2,3)32-24(29)26-17-19-13-15-27(16-14-19)23(28)21-11-9-20(10-12-21)18-33(30,31)22-7-5-4-6-8-22/h4-12,19H,13-18H2,1-3H3,(H,26,29). The van der Waals surface area contributed by atoms with Crippen molar-refractivity contribution < 1.29 is 22.7 Å². The van der Waals surface area contributed by atoms with E-state index in [0.29, 0.717) is 36.7 Å². The Morgan fingerprint density at radius 1 is 1.00 bits per heavy atom. The molecule has 7 nitrogen and oxygen atoms in total. The van der Waals surface area contributed by atoms with E-state index in [-0.39, 0.29) is 16.6 Å². The highest BCUT2D eigenvalue weighted by Crippen LogP contribution is 2.20. The van der Waals surface area contributed by atoms with E-state index < -0.39 is 21.5 Å². The van der Waals surface area contributed by atoms with Gasteiger partial charge in [0.25, 0.3) is 5.91 Å². The summed E-state index contributed by atoms with van der Waals surface area (Å²) in [5.74, 6) is 0.125. The van der Waals surface area contributed by atoms with Gasteiger partial charge in [0.05, 0.1) is 10.6 Å². The van der Waals surface area contributed by atoms with Crippen molar-refractivity contribution in [1.29, 1.82) is 0 Å². The molecule has 0 unspecified atom stereocenters. The molecule has 178 valence electrons. The molecule has 1 N–H and O–H groups in total. The number of amides is 2. The minimum atomic E-state index is -3.43. The zero-order valence-electron chi connectivity index (χ0n) is 19.4. The van der Waals surface area contributed by atoms with Crippen LogP contribution in [0.4, 0.5) is 4.79 Å². The lowest BCUT2D eigenvalue weighted by Crippen LogP contribution is -2.42. The van der Waals surface area contributed by atoms with E-state index in [1.807, 2.05) is 20.8 Å². The number of piperidine rings is 1. The monoisotopic (exact) mass is 472 g/mol. The third kappa shape index (κ3) is 7.32. The van der Waals surface area contributed by atoms with Gasteiger partial charge < -0.3 is 15.0 Å². The van der Waals surface area contributed by atoms with Crippen LogP contribution in [0.2, 0.25) is 0 Å². The Morgan fingerprint density at radius 3 is 2.18 bits per heavy atom. The fraction of sp³-hybridized carbons (Fsp3) is 0.440. The first kappa shape index (κ1) is 24.8. The lowest BCUT2D eigenvalue weighted by molar-refractivity contribution is 0.0500. The third-order valence-electron chi connectivity index (χ3n) is 5.50. The summed E-state index contributed by atoms with van der Waals surface area (Å²) in [6.07, 6.45) is 1.18. The van der Waals surface area contributed by atoms with Crippen LogP contribution in [0.3, 0.4) is 0 Å². The summed E-state index contributed by atoms with van der Waals surface area (Å²) in [6, 6.07) is 15.1. The molecular formula is C25H32N2O5S. The van der Waals surface area contributed by atoms with Crippen LogP contribution < -0.4 is 5.32 Å². The molecule has 0 radical (unpaired) electrons. The van der Waals surface area contributed by atoms with Crippen molar-refractivity contribution >= 4 is 21.8 Å². The van der Waals surface area contributed by atoms with E-state index in [1.165, 1.54) is 0 Å². The zero-order valence-corrected chi connectivity index (χ0v) is 20.2. The molecule has 2 aromatic rings. The van der Waals surface area contributed by atoms with Crippen LogP contribution in [0.1, 0.15) is 49.5 Å². The molecule has 1 aliphatic heterocycles. The Balaban J connectivity index is 1.49. The van der Waals surface area contributed by atoms with Crippen molar-refractivity contribution in [3.8, 4) is 0 Å². The Kier molecular flexibility index (Phi) is 7.79. The maximum absolute atomic E-state index is 12.9. The molecule has 0 aromatic heterocycles. The molecule has 1 heterocycles. The van der Waals surface area contributed by atoms with E-state index in [2.05, 4.69) is 5.32 Å². The number of nitrogens with zero attached hydrogens (tertiary/aromatic N) is 1. The fourth-order valence-electron chi connectivity index (χ4n) is 3.74. The van der Waals surface area contributed by atoms with Gasteiger partial charge in [0.1, 0.15) is 5.60 Å². The normalized spacial score (nSPS) is 15.2. The highest BCUT2D eigenvalue weighted by molar-refractivity contribution is 7.90. The number of alkyl carbamates (subject to hydrolysis) is 1. The van der Waals surface area contributed by atoms with E-state index in [1.54, 1.807) is 59.5 Å². The van der Waals surface area contributed by atoms with Crippen molar-refractivity contribution in [2.24, 2.45) is 5.92 Å². The second-order valence-electron chi connectivity index (χ2n) is 9.39. The molecule has 33 heavy (non-hydrogen) atoms. The number of hydrogen-bond donors (Lipinski definition) is 1. The van der Waals surface area contributed by atoms with Crippen molar-refractivity contribution in [1.82, 2.24) is 10.2 Å². The average molecular weight is 473 g/mol. The van der Waals surface area contributed by atoms with Gasteiger partial charge in [-0.2, -0.15) is 0 Å². The second-order valence-corrected chi connectivity index (χ2v) is 11.4. The van der Waals surface area contributed by atoms with Crippen LogP contribution in [0.25, 0.3) is 0 Å². The number of sulfone groups is 1. The summed E-state index contributed by atoms with van der Waals surface area (Å²) in [5, 5.41) is 2.81. The molecule has 0 saturated carbocycles. The van der Waals surface area contributed by atoms with Gasteiger partial charge in [0.2, 0.25) is 0 Å². The highest BCUT2D eigenvalue weighted by atomic mass is 32.2. The van der Waals surface area contributed by atoms with E-state index in [0.717, 1.165) is 12.8 Å². The molecule has 3 rings (SSSR count). The minimum Gasteiger partial charge on any atom is -0.444 e. The maximum Gasteiger partial charge on any atom is 0.407 e. The SMILES string of the molecule is CC(C)(C)OC(=O)NCC1CCN(C(=O)c2ccc(CS(=O)(=O)c3ccccc3)cc2)CC1. The van der Waals surface area contributed by atoms with Gasteiger partial charge in [-0.3, -0.25) is 4.79 Å². The topological polar surface area (TPSA) is 92.8 Å². The Hall–Kier alpha value is -2.87. The van der Waals surface area contributed by atoms with E-state index >= 15 is 0 Å². The largest absolute Gasteiger partial charge is 0.444 e. The van der Waals surface area contributed by atoms with E-state index in [4.69, 9.17) is 4.74 Å². The maximum atomic E-state index is 12.9. The summed E-state index contributed by atoms with van der Waals surface area (Å²) in [6.45, 7) is 7.23. The number of nitrogens with one attached hydrogen (secondary N) is 1. The number of carbonyl (C=O) groups is 2. The first-order valence-electron chi connectivity index (χ1n) is 11.2. The first-order chi connectivity index (χ1) is 15.5. The average Bonchev–Trinajstić information content (AvgIpc) is 2.77. The van der Waals surface area contributed by atoms with Crippen LogP contribution in [0, 0.1) is 5.92 Å². The number of rotatable bonds is 6. The Labute approximate surface area is 196 Å². The van der Waals surface area contributed by atoms with Crippen molar-refractivity contribution in [3.05, 3.63) is 65.7 Å². The Bertz CT molecular complexity index is 1050. The third-order valence-corrected chi connectivity index (χ3v) is 7.20. The van der Waals surface area contributed by atoms with Crippen LogP contribution in [0.5, 0.6) is 0 Å². The van der Waals surface area contributed by atoms with E-state index in [9.17, 15) is 18.0 Å². The molecule has 8 heteroatoms. The number of benzene rings is 2. The highest BCUT2D eigenvalue weighted by Gasteiger charge is 2.25. The van der Waals surface area contributed by atoms with Gasteiger partial charge in [0.15, 0.2) is 9.84 Å². The minimum absolute atomic E-state index is 0.0639. The van der Waals surface area contributed by atoms with Gasteiger partial charge in [-0.25, -0.2) is 13.2 Å². The molecule has 1 aliphatic rings.